The molecule has 24 heavy (non-hydrogen) atoms. The third kappa shape index (κ3) is 3.28. The molecule has 0 aliphatic heterocycles. The first kappa shape index (κ1) is 16.5. The maximum atomic E-state index is 13.1. The van der Waals surface area contributed by atoms with Crippen LogP contribution in [-0.2, 0) is 16.6 Å². The van der Waals surface area contributed by atoms with Crippen molar-refractivity contribution < 1.29 is 13.9 Å². The fourth-order valence-corrected chi connectivity index (χ4v) is 3.12. The van der Waals surface area contributed by atoms with Gasteiger partial charge in [0.1, 0.15) is 11.6 Å². The predicted octanol–water partition coefficient (Wildman–Crippen LogP) is 3.53. The van der Waals surface area contributed by atoms with E-state index in [4.69, 9.17) is 4.74 Å². The van der Waals surface area contributed by atoms with Crippen LogP contribution < -0.4 is 10.1 Å². The van der Waals surface area contributed by atoms with Crippen LogP contribution in [0.15, 0.2) is 42.5 Å². The number of benzene rings is 2. The van der Waals surface area contributed by atoms with Crippen molar-refractivity contribution in [1.29, 1.82) is 0 Å². The van der Waals surface area contributed by atoms with Crippen molar-refractivity contribution in [2.45, 2.75) is 31.6 Å². The molecule has 3 nitrogen and oxygen atoms in total. The van der Waals surface area contributed by atoms with Crippen LogP contribution in [0.4, 0.5) is 4.39 Å². The summed E-state index contributed by atoms with van der Waals surface area (Å²) in [6.07, 6.45) is 2.35. The summed E-state index contributed by atoms with van der Waals surface area (Å²) in [5.41, 5.74) is 2.69. The number of methoxy groups -OCH3 is 1. The van der Waals surface area contributed by atoms with Gasteiger partial charge in [-0.15, -0.1) is 0 Å². The van der Waals surface area contributed by atoms with E-state index < -0.39 is 5.41 Å². The highest BCUT2D eigenvalue weighted by Gasteiger charge is 2.50. The minimum absolute atomic E-state index is 0.0285. The quantitative estimate of drug-likeness (QED) is 0.881. The molecule has 126 valence electrons. The fourth-order valence-electron chi connectivity index (χ4n) is 3.12. The SMILES string of the molecule is COc1ccc(C)cc1CCNC(=O)C1(c2ccc(F)cc2)CC1. The summed E-state index contributed by atoms with van der Waals surface area (Å²) in [7, 11) is 1.65. The standard InChI is InChI=1S/C20H22FNO2/c1-14-3-8-18(24-2)15(13-14)9-12-22-19(23)20(10-11-20)16-4-6-17(21)7-5-16/h3-8,13H,9-12H2,1-2H3,(H,22,23). The lowest BCUT2D eigenvalue weighted by Crippen LogP contribution is -2.36. The van der Waals surface area contributed by atoms with Crippen LogP contribution in [0.25, 0.3) is 0 Å². The third-order valence-corrected chi connectivity index (χ3v) is 4.70. The van der Waals surface area contributed by atoms with E-state index in [1.165, 1.54) is 17.7 Å². The molecule has 0 atom stereocenters. The van der Waals surface area contributed by atoms with Crippen molar-refractivity contribution in [3.05, 3.63) is 65.0 Å². The summed E-state index contributed by atoms with van der Waals surface area (Å²) in [6.45, 7) is 2.59. The van der Waals surface area contributed by atoms with Crippen LogP contribution in [-0.4, -0.2) is 19.6 Å². The molecule has 1 amide bonds. The van der Waals surface area contributed by atoms with Gasteiger partial charge in [-0.2, -0.15) is 0 Å². The van der Waals surface area contributed by atoms with Gasteiger partial charge in [0.2, 0.25) is 5.91 Å². The second kappa shape index (κ2) is 6.63. The molecule has 0 saturated heterocycles. The summed E-state index contributed by atoms with van der Waals surface area (Å²) in [5.74, 6) is 0.594. The predicted molar refractivity (Wildman–Crippen MR) is 91.8 cm³/mol. The number of hydrogen-bond donors (Lipinski definition) is 1. The number of carbonyl (C=O) groups is 1. The molecule has 0 bridgehead atoms. The largest absolute Gasteiger partial charge is 0.496 e. The summed E-state index contributed by atoms with van der Waals surface area (Å²) < 4.78 is 18.4. The lowest BCUT2D eigenvalue weighted by Gasteiger charge is -2.16. The van der Waals surface area contributed by atoms with E-state index in [-0.39, 0.29) is 11.7 Å². The molecule has 3 rings (SSSR count). The van der Waals surface area contributed by atoms with Gasteiger partial charge in [0.25, 0.3) is 0 Å². The monoisotopic (exact) mass is 327 g/mol. The Kier molecular flexibility index (Phi) is 4.56. The number of halogens is 1. The van der Waals surface area contributed by atoms with Gasteiger partial charge >= 0.3 is 0 Å². The van der Waals surface area contributed by atoms with Crippen LogP contribution in [0.2, 0.25) is 0 Å². The molecular formula is C20H22FNO2. The Morgan fingerprint density at radius 3 is 2.54 bits per heavy atom. The first-order valence-electron chi connectivity index (χ1n) is 8.23. The van der Waals surface area contributed by atoms with Crippen molar-refractivity contribution >= 4 is 5.91 Å². The zero-order valence-corrected chi connectivity index (χ0v) is 14.1. The normalized spacial score (nSPS) is 15.0. The lowest BCUT2D eigenvalue weighted by atomic mass is 9.95. The van der Waals surface area contributed by atoms with Crippen molar-refractivity contribution in [1.82, 2.24) is 5.32 Å². The highest BCUT2D eigenvalue weighted by molar-refractivity contribution is 5.91. The number of rotatable bonds is 6. The molecule has 0 spiro atoms. The van der Waals surface area contributed by atoms with Gasteiger partial charge < -0.3 is 10.1 Å². The van der Waals surface area contributed by atoms with E-state index >= 15 is 0 Å². The molecule has 2 aromatic carbocycles. The summed E-state index contributed by atoms with van der Waals surface area (Å²) >= 11 is 0. The third-order valence-electron chi connectivity index (χ3n) is 4.70. The molecule has 1 N–H and O–H groups in total. The zero-order valence-electron chi connectivity index (χ0n) is 14.1. The second-order valence-electron chi connectivity index (χ2n) is 6.41. The molecule has 1 aliphatic carbocycles. The van der Waals surface area contributed by atoms with Crippen LogP contribution in [0.3, 0.4) is 0 Å². The molecule has 1 saturated carbocycles. The molecule has 0 heterocycles. The Morgan fingerprint density at radius 2 is 1.92 bits per heavy atom. The number of aryl methyl sites for hydroxylation is 1. The van der Waals surface area contributed by atoms with Crippen molar-refractivity contribution in [3.63, 3.8) is 0 Å². The molecule has 0 unspecified atom stereocenters. The molecule has 1 fully saturated rings. The topological polar surface area (TPSA) is 38.3 Å². The Bertz CT molecular complexity index is 736. The van der Waals surface area contributed by atoms with Gasteiger partial charge in [0, 0.05) is 6.54 Å². The fraction of sp³-hybridized carbons (Fsp3) is 0.350. The number of hydrogen-bond acceptors (Lipinski definition) is 2. The number of nitrogens with one attached hydrogen (secondary N) is 1. The van der Waals surface area contributed by atoms with E-state index in [1.807, 2.05) is 19.1 Å². The van der Waals surface area contributed by atoms with Crippen LogP contribution in [0, 0.1) is 12.7 Å². The summed E-state index contributed by atoms with van der Waals surface area (Å²) in [5, 5.41) is 3.03. The van der Waals surface area contributed by atoms with Crippen molar-refractivity contribution in [2.75, 3.05) is 13.7 Å². The van der Waals surface area contributed by atoms with Gasteiger partial charge in [-0.05, 0) is 55.5 Å². The first-order chi connectivity index (χ1) is 11.5. The van der Waals surface area contributed by atoms with Gasteiger partial charge in [0.15, 0.2) is 0 Å². The molecule has 0 radical (unpaired) electrons. The Hall–Kier alpha value is -2.36. The number of ether oxygens (including phenoxy) is 1. The Balaban J connectivity index is 1.62. The molecular weight excluding hydrogens is 305 g/mol. The van der Waals surface area contributed by atoms with E-state index in [1.54, 1.807) is 19.2 Å². The molecule has 2 aromatic rings. The minimum atomic E-state index is -0.468. The van der Waals surface area contributed by atoms with Gasteiger partial charge in [-0.1, -0.05) is 29.8 Å². The van der Waals surface area contributed by atoms with Crippen LogP contribution >= 0.6 is 0 Å². The Labute approximate surface area is 141 Å². The smallest absolute Gasteiger partial charge is 0.230 e. The van der Waals surface area contributed by atoms with Gasteiger partial charge in [0.05, 0.1) is 12.5 Å². The number of amides is 1. The molecule has 1 aliphatic rings. The average Bonchev–Trinajstić information content (AvgIpc) is 3.37. The van der Waals surface area contributed by atoms with Crippen molar-refractivity contribution in [2.24, 2.45) is 0 Å². The van der Waals surface area contributed by atoms with E-state index in [0.717, 1.165) is 36.1 Å². The van der Waals surface area contributed by atoms with Gasteiger partial charge in [-0.3, -0.25) is 4.79 Å². The minimum Gasteiger partial charge on any atom is -0.496 e. The average molecular weight is 327 g/mol. The maximum absolute atomic E-state index is 13.1. The molecule has 4 heteroatoms. The summed E-state index contributed by atoms with van der Waals surface area (Å²) in [6, 6.07) is 12.3. The van der Waals surface area contributed by atoms with Crippen LogP contribution in [0.5, 0.6) is 5.75 Å². The van der Waals surface area contributed by atoms with E-state index in [2.05, 4.69) is 11.4 Å². The highest BCUT2D eigenvalue weighted by Crippen LogP contribution is 2.48. The lowest BCUT2D eigenvalue weighted by molar-refractivity contribution is -0.123. The summed E-state index contributed by atoms with van der Waals surface area (Å²) in [4.78, 5) is 12.6. The maximum Gasteiger partial charge on any atom is 0.230 e. The first-order valence-corrected chi connectivity index (χ1v) is 8.23. The van der Waals surface area contributed by atoms with E-state index in [0.29, 0.717) is 6.54 Å². The van der Waals surface area contributed by atoms with Crippen molar-refractivity contribution in [3.8, 4) is 5.75 Å². The van der Waals surface area contributed by atoms with Gasteiger partial charge in [-0.25, -0.2) is 4.39 Å². The van der Waals surface area contributed by atoms with E-state index in [9.17, 15) is 9.18 Å². The van der Waals surface area contributed by atoms with Crippen LogP contribution in [0.1, 0.15) is 29.5 Å². The second-order valence-corrected chi connectivity index (χ2v) is 6.41. The zero-order chi connectivity index (χ0) is 17.2. The molecule has 0 aromatic heterocycles. The number of carbonyl (C=O) groups excluding carboxylic acids is 1. The Morgan fingerprint density at radius 1 is 1.21 bits per heavy atom. The highest BCUT2D eigenvalue weighted by atomic mass is 19.1.